The van der Waals surface area contributed by atoms with Gasteiger partial charge in [-0.15, -0.1) is 0 Å². The van der Waals surface area contributed by atoms with Crippen molar-refractivity contribution in [2.45, 2.75) is 32.4 Å². The molecule has 0 aliphatic carbocycles. The normalized spacial score (nSPS) is 13.9. The zero-order valence-corrected chi connectivity index (χ0v) is 25.1. The summed E-state index contributed by atoms with van der Waals surface area (Å²) in [6, 6.07) is 15.8. The first-order chi connectivity index (χ1) is 21.0. The Bertz CT molecular complexity index is 1550. The van der Waals surface area contributed by atoms with Gasteiger partial charge in [0.15, 0.2) is 5.82 Å². The lowest BCUT2D eigenvalue weighted by atomic mass is 10.1. The van der Waals surface area contributed by atoms with Gasteiger partial charge >= 0.3 is 5.97 Å². The van der Waals surface area contributed by atoms with Crippen LogP contribution in [0.4, 0.5) is 5.82 Å². The number of para-hydroxylation sites is 1. The topological polar surface area (TPSA) is 128 Å². The largest absolute Gasteiger partial charge is 0.469 e. The van der Waals surface area contributed by atoms with Crippen molar-refractivity contribution in [2.24, 2.45) is 0 Å². The monoisotopic (exact) mass is 587 g/mol. The average molecular weight is 588 g/mol. The van der Waals surface area contributed by atoms with Gasteiger partial charge in [-0.3, -0.25) is 14.5 Å². The molecule has 11 heteroatoms. The molecule has 0 radical (unpaired) electrons. The van der Waals surface area contributed by atoms with E-state index in [1.54, 1.807) is 7.11 Å². The lowest BCUT2D eigenvalue weighted by molar-refractivity contribution is -0.139. The summed E-state index contributed by atoms with van der Waals surface area (Å²) in [5.74, 6) is 1.13. The summed E-state index contributed by atoms with van der Waals surface area (Å²) in [4.78, 5) is 38.9. The van der Waals surface area contributed by atoms with Crippen LogP contribution in [0.5, 0.6) is 0 Å². The minimum Gasteiger partial charge on any atom is -0.469 e. The van der Waals surface area contributed by atoms with E-state index in [4.69, 9.17) is 20.2 Å². The van der Waals surface area contributed by atoms with Crippen LogP contribution in [0.1, 0.15) is 23.4 Å². The number of esters is 1. The third-order valence-corrected chi connectivity index (χ3v) is 7.92. The maximum Gasteiger partial charge on any atom is 0.309 e. The molecule has 1 fully saturated rings. The number of aromatic nitrogens is 3. The zero-order chi connectivity index (χ0) is 30.2. The molecule has 2 aromatic carbocycles. The first-order valence-electron chi connectivity index (χ1n) is 14.8. The van der Waals surface area contributed by atoms with E-state index in [0.29, 0.717) is 50.5 Å². The second-order valence-corrected chi connectivity index (χ2v) is 10.9. The van der Waals surface area contributed by atoms with Crippen molar-refractivity contribution in [3.05, 3.63) is 65.5 Å². The number of nitrogens with zero attached hydrogens (tertiary/aromatic N) is 5. The van der Waals surface area contributed by atoms with Crippen molar-refractivity contribution in [2.75, 3.05) is 65.8 Å². The molecular formula is C32H41N7O4. The predicted octanol–water partition coefficient (Wildman–Crippen LogP) is 2.40. The van der Waals surface area contributed by atoms with E-state index < -0.39 is 0 Å². The van der Waals surface area contributed by atoms with E-state index in [9.17, 15) is 9.59 Å². The number of nitrogens with one attached hydrogen (secondary N) is 1. The quantitative estimate of drug-likeness (QED) is 0.227. The molecule has 2 aromatic heterocycles. The number of methoxy groups -OCH3 is 2. The van der Waals surface area contributed by atoms with Crippen molar-refractivity contribution in [1.29, 1.82) is 0 Å². The molecule has 1 aliphatic heterocycles. The number of ether oxygens (including phenoxy) is 2. The van der Waals surface area contributed by atoms with Crippen LogP contribution in [0.2, 0.25) is 0 Å². The van der Waals surface area contributed by atoms with Crippen LogP contribution in [0, 0.1) is 0 Å². The number of piperazine rings is 1. The smallest absolute Gasteiger partial charge is 0.309 e. The summed E-state index contributed by atoms with van der Waals surface area (Å²) in [7, 11) is 3.07. The first-order valence-corrected chi connectivity index (χ1v) is 14.8. The van der Waals surface area contributed by atoms with Gasteiger partial charge < -0.3 is 30.0 Å². The Balaban J connectivity index is 1.37. The number of aryl methyl sites for hydroxylation is 1. The molecule has 0 saturated carbocycles. The Hall–Kier alpha value is -4.06. The van der Waals surface area contributed by atoms with Crippen LogP contribution in [0.3, 0.4) is 0 Å². The number of imidazole rings is 1. The van der Waals surface area contributed by atoms with E-state index in [0.717, 1.165) is 66.0 Å². The molecule has 228 valence electrons. The number of carbonyl (C=O) groups is 2. The second-order valence-electron chi connectivity index (χ2n) is 10.9. The first kappa shape index (κ1) is 30.4. The summed E-state index contributed by atoms with van der Waals surface area (Å²) in [6.45, 7) is 6.15. The third kappa shape index (κ3) is 7.48. The van der Waals surface area contributed by atoms with E-state index >= 15 is 0 Å². The predicted molar refractivity (Wildman–Crippen MR) is 167 cm³/mol. The molecule has 5 rings (SSSR count). The maximum atomic E-state index is 13.6. The molecule has 43 heavy (non-hydrogen) atoms. The number of fused-ring (bicyclic) bond motifs is 3. The second kappa shape index (κ2) is 14.4. The average Bonchev–Trinajstić information content (AvgIpc) is 3.40. The van der Waals surface area contributed by atoms with Gasteiger partial charge in [0.1, 0.15) is 11.3 Å². The van der Waals surface area contributed by atoms with Gasteiger partial charge in [0.2, 0.25) is 5.91 Å². The Morgan fingerprint density at radius 2 is 1.77 bits per heavy atom. The Morgan fingerprint density at radius 1 is 1.02 bits per heavy atom. The molecule has 0 spiro atoms. The molecule has 1 aliphatic rings. The van der Waals surface area contributed by atoms with Gasteiger partial charge in [-0.1, -0.05) is 42.5 Å². The number of anilines is 1. The summed E-state index contributed by atoms with van der Waals surface area (Å²) in [5.41, 5.74) is 10.8. The number of nitrogens with two attached hydrogens (primary N) is 1. The molecular weight excluding hydrogens is 546 g/mol. The van der Waals surface area contributed by atoms with Crippen LogP contribution < -0.4 is 11.1 Å². The number of hydrogen-bond donors (Lipinski definition) is 2. The van der Waals surface area contributed by atoms with Crippen LogP contribution in [-0.2, 0) is 45.0 Å². The van der Waals surface area contributed by atoms with Crippen LogP contribution >= 0.6 is 0 Å². The highest BCUT2D eigenvalue weighted by Gasteiger charge is 2.21. The number of pyridine rings is 1. The molecule has 0 bridgehead atoms. The lowest BCUT2D eigenvalue weighted by Gasteiger charge is -2.30. The Labute approximate surface area is 252 Å². The third-order valence-electron chi connectivity index (χ3n) is 7.92. The van der Waals surface area contributed by atoms with Crippen LogP contribution in [0.15, 0.2) is 48.5 Å². The number of carbonyl (C=O) groups excluding carboxylic acids is 2. The molecule has 1 saturated heterocycles. The van der Waals surface area contributed by atoms with Crippen molar-refractivity contribution in [3.63, 3.8) is 0 Å². The van der Waals surface area contributed by atoms with Gasteiger partial charge in [0, 0.05) is 64.7 Å². The highest BCUT2D eigenvalue weighted by molar-refractivity contribution is 6.06. The standard InChI is InChI=1S/C32H41N7O4/c1-42-19-12-27-36-30-31(25-6-3-4-7-26(25)35-32(30)33)39(27)16-5-15-38(28(40)22-37-17-13-34-14-18-37)21-24-10-8-23(9-11-24)20-29(41)43-2/h3-4,6-11,34H,5,12-22H2,1-2H3,(H2,33,35). The van der Waals surface area contributed by atoms with E-state index in [1.807, 2.05) is 47.4 Å². The van der Waals surface area contributed by atoms with Crippen LogP contribution in [-0.4, -0.2) is 96.3 Å². The number of nitrogen functional groups attached to an aromatic ring is 1. The fourth-order valence-electron chi connectivity index (χ4n) is 5.62. The molecule has 1 amide bonds. The van der Waals surface area contributed by atoms with E-state index in [2.05, 4.69) is 25.8 Å². The van der Waals surface area contributed by atoms with Crippen molar-refractivity contribution in [1.82, 2.24) is 29.7 Å². The summed E-state index contributed by atoms with van der Waals surface area (Å²) >= 11 is 0. The number of benzene rings is 2. The number of amides is 1. The molecule has 4 aromatic rings. The maximum absolute atomic E-state index is 13.6. The fourth-order valence-corrected chi connectivity index (χ4v) is 5.62. The highest BCUT2D eigenvalue weighted by atomic mass is 16.5. The van der Waals surface area contributed by atoms with Gasteiger partial charge in [0.25, 0.3) is 0 Å². The molecule has 3 heterocycles. The minimum atomic E-state index is -0.275. The zero-order valence-electron chi connectivity index (χ0n) is 25.1. The van der Waals surface area contributed by atoms with E-state index in [1.165, 1.54) is 7.11 Å². The molecule has 11 nitrogen and oxygen atoms in total. The van der Waals surface area contributed by atoms with Gasteiger partial charge in [-0.05, 0) is 23.6 Å². The fraction of sp³-hybridized carbons (Fsp3) is 0.438. The van der Waals surface area contributed by atoms with Gasteiger partial charge in [0.05, 0.1) is 37.7 Å². The Kier molecular flexibility index (Phi) is 10.2. The molecule has 0 atom stereocenters. The Morgan fingerprint density at radius 3 is 2.51 bits per heavy atom. The van der Waals surface area contributed by atoms with E-state index in [-0.39, 0.29) is 18.3 Å². The summed E-state index contributed by atoms with van der Waals surface area (Å²) in [5, 5.41) is 4.35. The number of rotatable bonds is 13. The van der Waals surface area contributed by atoms with Crippen LogP contribution in [0.25, 0.3) is 21.9 Å². The van der Waals surface area contributed by atoms with Crippen molar-refractivity contribution >= 4 is 39.6 Å². The lowest BCUT2D eigenvalue weighted by Crippen LogP contribution is -2.48. The molecule has 3 N–H and O–H groups in total. The van der Waals surface area contributed by atoms with Crippen molar-refractivity contribution < 1.29 is 19.1 Å². The van der Waals surface area contributed by atoms with Crippen molar-refractivity contribution in [3.8, 4) is 0 Å². The van der Waals surface area contributed by atoms with Gasteiger partial charge in [-0.25, -0.2) is 9.97 Å². The SMILES string of the molecule is COCCc1nc2c(N)nc3ccccc3c2n1CCCN(Cc1ccc(CC(=O)OC)cc1)C(=O)CN1CCNCC1. The number of hydrogen-bond acceptors (Lipinski definition) is 9. The summed E-state index contributed by atoms with van der Waals surface area (Å²) in [6.07, 6.45) is 1.60. The molecule has 0 unspecified atom stereocenters. The highest BCUT2D eigenvalue weighted by Crippen LogP contribution is 2.29. The summed E-state index contributed by atoms with van der Waals surface area (Å²) < 4.78 is 12.4. The minimum absolute atomic E-state index is 0.106. The van der Waals surface area contributed by atoms with Gasteiger partial charge in [-0.2, -0.15) is 0 Å².